The molecule has 1 aliphatic rings. The number of nitrogens with one attached hydrogen (secondary N) is 1. The fourth-order valence-corrected chi connectivity index (χ4v) is 3.89. The monoisotopic (exact) mass is 370 g/mol. The van der Waals surface area contributed by atoms with Crippen molar-refractivity contribution in [2.75, 3.05) is 6.54 Å². The third kappa shape index (κ3) is 3.54. The molecule has 0 saturated heterocycles. The van der Waals surface area contributed by atoms with Crippen LogP contribution in [0.2, 0.25) is 0 Å². The third-order valence-electron chi connectivity index (χ3n) is 4.54. The van der Waals surface area contributed by atoms with Crippen LogP contribution in [0.1, 0.15) is 22.2 Å². The summed E-state index contributed by atoms with van der Waals surface area (Å²) in [5.41, 5.74) is 1.60. The van der Waals surface area contributed by atoms with Crippen molar-refractivity contribution in [3.63, 3.8) is 0 Å². The van der Waals surface area contributed by atoms with E-state index in [1.165, 1.54) is 6.07 Å². The summed E-state index contributed by atoms with van der Waals surface area (Å²) in [5, 5.41) is 9.30. The van der Waals surface area contributed by atoms with Crippen molar-refractivity contribution in [3.05, 3.63) is 76.0 Å². The maximum Gasteiger partial charge on any atom is 0.246 e. The molecule has 0 radical (unpaired) electrons. The lowest BCUT2D eigenvalue weighted by Gasteiger charge is -2.33. The zero-order valence-electron chi connectivity index (χ0n) is 14.1. The molecule has 5 nitrogen and oxygen atoms in total. The second-order valence-corrected chi connectivity index (χ2v) is 7.37. The molecule has 3 heterocycles. The highest BCUT2D eigenvalue weighted by atomic mass is 32.1. The van der Waals surface area contributed by atoms with Gasteiger partial charge in [0.05, 0.1) is 12.2 Å². The minimum absolute atomic E-state index is 0.0680. The minimum Gasteiger partial charge on any atom is -0.349 e. The number of hydrogen-bond acceptors (Lipinski definition) is 4. The Morgan fingerprint density at radius 1 is 1.27 bits per heavy atom. The number of halogens is 1. The molecule has 0 saturated carbocycles. The second kappa shape index (κ2) is 7.39. The minimum atomic E-state index is -0.416. The van der Waals surface area contributed by atoms with Crippen LogP contribution in [-0.2, 0) is 24.4 Å². The van der Waals surface area contributed by atoms with Crippen LogP contribution in [0.3, 0.4) is 0 Å². The maximum absolute atomic E-state index is 14.0. The Morgan fingerprint density at radius 3 is 2.96 bits per heavy atom. The normalized spacial score (nSPS) is 17.0. The standard InChI is InChI=1S/C19H19FN4OS/c20-17-6-2-1-4-14(17)11-23-12-15-7-8-22-24(15)18(13-23)19(25)21-10-16-5-3-9-26-16/h1-9,18H,10-13H2,(H,21,25)/t18-/m0/s1. The van der Waals surface area contributed by atoms with Gasteiger partial charge in [-0.2, -0.15) is 5.10 Å². The topological polar surface area (TPSA) is 50.2 Å². The Hall–Kier alpha value is -2.51. The van der Waals surface area contributed by atoms with E-state index in [9.17, 15) is 9.18 Å². The van der Waals surface area contributed by atoms with Crippen molar-refractivity contribution in [2.45, 2.75) is 25.7 Å². The summed E-state index contributed by atoms with van der Waals surface area (Å²) in [6, 6.07) is 12.2. The van der Waals surface area contributed by atoms with Gasteiger partial charge >= 0.3 is 0 Å². The molecule has 0 fully saturated rings. The number of hydrogen-bond donors (Lipinski definition) is 1. The molecule has 2 aromatic heterocycles. The molecule has 134 valence electrons. The van der Waals surface area contributed by atoms with Crippen molar-refractivity contribution < 1.29 is 9.18 Å². The number of carbonyl (C=O) groups excluding carboxylic acids is 1. The first-order valence-corrected chi connectivity index (χ1v) is 9.37. The van der Waals surface area contributed by atoms with Gasteiger partial charge in [-0.05, 0) is 23.6 Å². The van der Waals surface area contributed by atoms with Crippen LogP contribution < -0.4 is 5.32 Å². The molecule has 1 aromatic carbocycles. The van der Waals surface area contributed by atoms with Crippen molar-refractivity contribution in [1.82, 2.24) is 20.0 Å². The first kappa shape index (κ1) is 16.9. The van der Waals surface area contributed by atoms with Gasteiger partial charge in [-0.15, -0.1) is 11.3 Å². The Morgan fingerprint density at radius 2 is 2.15 bits per heavy atom. The molecule has 26 heavy (non-hydrogen) atoms. The van der Waals surface area contributed by atoms with Gasteiger partial charge in [0.15, 0.2) is 0 Å². The highest BCUT2D eigenvalue weighted by Crippen LogP contribution is 2.23. The molecule has 0 aliphatic carbocycles. The van der Waals surface area contributed by atoms with Crippen LogP contribution >= 0.6 is 11.3 Å². The summed E-state index contributed by atoms with van der Waals surface area (Å²) in [6.07, 6.45) is 1.71. The lowest BCUT2D eigenvalue weighted by Crippen LogP contribution is -2.44. The van der Waals surface area contributed by atoms with E-state index >= 15 is 0 Å². The van der Waals surface area contributed by atoms with E-state index in [4.69, 9.17) is 0 Å². The van der Waals surface area contributed by atoms with Crippen molar-refractivity contribution >= 4 is 17.2 Å². The fourth-order valence-electron chi connectivity index (χ4n) is 3.25. The Bertz CT molecular complexity index is 893. The average molecular weight is 370 g/mol. The highest BCUT2D eigenvalue weighted by Gasteiger charge is 2.31. The number of benzene rings is 1. The van der Waals surface area contributed by atoms with E-state index in [-0.39, 0.29) is 11.7 Å². The molecule has 4 rings (SSSR count). The summed E-state index contributed by atoms with van der Waals surface area (Å²) in [7, 11) is 0. The SMILES string of the molecule is O=C(NCc1cccs1)[C@@H]1CN(Cc2ccccc2F)Cc2ccnn21. The fraction of sp³-hybridized carbons (Fsp3) is 0.263. The van der Waals surface area contributed by atoms with Gasteiger partial charge in [0.25, 0.3) is 0 Å². The summed E-state index contributed by atoms with van der Waals surface area (Å²) >= 11 is 1.61. The smallest absolute Gasteiger partial charge is 0.246 e. The van der Waals surface area contributed by atoms with Gasteiger partial charge < -0.3 is 5.32 Å². The largest absolute Gasteiger partial charge is 0.349 e. The second-order valence-electron chi connectivity index (χ2n) is 6.34. The van der Waals surface area contributed by atoms with Gasteiger partial charge in [-0.25, -0.2) is 4.39 Å². The number of rotatable bonds is 5. The van der Waals surface area contributed by atoms with Crippen molar-refractivity contribution in [2.24, 2.45) is 0 Å². The van der Waals surface area contributed by atoms with Gasteiger partial charge in [0.1, 0.15) is 11.9 Å². The number of thiophene rings is 1. The van der Waals surface area contributed by atoms with E-state index in [1.807, 2.05) is 29.6 Å². The zero-order valence-corrected chi connectivity index (χ0v) is 15.0. The lowest BCUT2D eigenvalue weighted by molar-refractivity contribution is -0.126. The number of nitrogens with zero attached hydrogens (tertiary/aromatic N) is 3. The molecule has 7 heteroatoms. The maximum atomic E-state index is 14.0. The van der Waals surface area contributed by atoms with E-state index in [1.54, 1.807) is 34.3 Å². The van der Waals surface area contributed by atoms with Crippen LogP contribution in [0.5, 0.6) is 0 Å². The van der Waals surface area contributed by atoms with Crippen LogP contribution in [0.15, 0.2) is 54.0 Å². The molecule has 1 atom stereocenters. The summed E-state index contributed by atoms with van der Waals surface area (Å²) in [6.45, 7) is 2.12. The third-order valence-corrected chi connectivity index (χ3v) is 5.41. The Labute approximate surface area is 155 Å². The zero-order chi connectivity index (χ0) is 17.9. The van der Waals surface area contributed by atoms with Crippen LogP contribution in [-0.4, -0.2) is 27.1 Å². The molecule has 1 aliphatic heterocycles. The summed E-state index contributed by atoms with van der Waals surface area (Å²) in [4.78, 5) is 15.9. The number of fused-ring (bicyclic) bond motifs is 1. The Kier molecular flexibility index (Phi) is 4.81. The molecule has 3 aromatic rings. The molecular formula is C19H19FN4OS. The highest BCUT2D eigenvalue weighted by molar-refractivity contribution is 7.09. The number of aromatic nitrogens is 2. The molecule has 0 spiro atoms. The summed E-state index contributed by atoms with van der Waals surface area (Å²) in [5.74, 6) is -0.285. The van der Waals surface area contributed by atoms with Crippen molar-refractivity contribution in [3.8, 4) is 0 Å². The number of amides is 1. The van der Waals surface area contributed by atoms with Crippen LogP contribution in [0.4, 0.5) is 4.39 Å². The van der Waals surface area contributed by atoms with E-state index in [0.29, 0.717) is 31.7 Å². The predicted octanol–water partition coefficient (Wildman–Crippen LogP) is 2.96. The van der Waals surface area contributed by atoms with Gasteiger partial charge in [0, 0.05) is 36.3 Å². The predicted molar refractivity (Wildman–Crippen MR) is 97.9 cm³/mol. The van der Waals surface area contributed by atoms with E-state index < -0.39 is 6.04 Å². The van der Waals surface area contributed by atoms with Gasteiger partial charge in [0.2, 0.25) is 5.91 Å². The van der Waals surface area contributed by atoms with E-state index in [2.05, 4.69) is 15.3 Å². The average Bonchev–Trinajstić information content (AvgIpc) is 3.32. The first-order chi connectivity index (χ1) is 12.7. The first-order valence-electron chi connectivity index (χ1n) is 8.49. The number of carbonyl (C=O) groups is 1. The van der Waals surface area contributed by atoms with Crippen LogP contribution in [0.25, 0.3) is 0 Å². The van der Waals surface area contributed by atoms with Crippen LogP contribution in [0, 0.1) is 5.82 Å². The molecule has 0 bridgehead atoms. The summed E-state index contributed by atoms with van der Waals surface area (Å²) < 4.78 is 15.8. The molecular weight excluding hydrogens is 351 g/mol. The Balaban J connectivity index is 1.49. The van der Waals surface area contributed by atoms with Crippen molar-refractivity contribution in [1.29, 1.82) is 0 Å². The lowest BCUT2D eigenvalue weighted by atomic mass is 10.1. The quantitative estimate of drug-likeness (QED) is 0.751. The molecule has 0 unspecified atom stereocenters. The molecule has 1 amide bonds. The van der Waals surface area contributed by atoms with E-state index in [0.717, 1.165) is 10.6 Å². The van der Waals surface area contributed by atoms with Gasteiger partial charge in [-0.1, -0.05) is 24.3 Å². The van der Waals surface area contributed by atoms with Gasteiger partial charge in [-0.3, -0.25) is 14.4 Å². The molecule has 1 N–H and O–H groups in total.